The summed E-state index contributed by atoms with van der Waals surface area (Å²) in [7, 11) is 0. The van der Waals surface area contributed by atoms with E-state index in [0.717, 1.165) is 10.4 Å². The zero-order chi connectivity index (χ0) is 16.9. The van der Waals surface area contributed by atoms with Crippen LogP contribution in [0.15, 0.2) is 41.8 Å². The zero-order valence-corrected chi connectivity index (χ0v) is 14.7. The highest BCUT2D eigenvalue weighted by Crippen LogP contribution is 2.16. The van der Waals surface area contributed by atoms with Crippen molar-refractivity contribution >= 4 is 17.4 Å². The van der Waals surface area contributed by atoms with Crippen LogP contribution in [-0.4, -0.2) is 28.2 Å². The number of amides is 2. The zero-order valence-electron chi connectivity index (χ0n) is 13.9. The molecule has 0 aliphatic carbocycles. The topological polar surface area (TPSA) is 52.6 Å². The molecule has 0 saturated carbocycles. The Bertz CT molecular complexity index is 632. The second-order valence-electron chi connectivity index (χ2n) is 6.34. The molecule has 0 fully saturated rings. The maximum Gasteiger partial charge on any atom is 0.318 e. The van der Waals surface area contributed by atoms with Crippen molar-refractivity contribution in [2.45, 2.75) is 39.5 Å². The van der Waals surface area contributed by atoms with Crippen LogP contribution < -0.4 is 5.32 Å². The highest BCUT2D eigenvalue weighted by molar-refractivity contribution is 7.10. The molecular weight excluding hydrogens is 308 g/mol. The monoisotopic (exact) mass is 332 g/mol. The van der Waals surface area contributed by atoms with E-state index in [-0.39, 0.29) is 12.6 Å². The molecule has 0 aliphatic heterocycles. The second-order valence-corrected chi connectivity index (χ2v) is 7.34. The van der Waals surface area contributed by atoms with Gasteiger partial charge in [-0.2, -0.15) is 0 Å². The summed E-state index contributed by atoms with van der Waals surface area (Å²) in [6.07, 6.45) is 0. The summed E-state index contributed by atoms with van der Waals surface area (Å²) in [6, 6.07) is 11.7. The number of carbonyl (C=O) groups is 1. The fourth-order valence-electron chi connectivity index (χ4n) is 2.32. The van der Waals surface area contributed by atoms with Crippen molar-refractivity contribution in [1.82, 2.24) is 10.2 Å². The molecule has 0 saturated heterocycles. The van der Waals surface area contributed by atoms with Crippen LogP contribution in [0.4, 0.5) is 4.79 Å². The smallest absolute Gasteiger partial charge is 0.318 e. The van der Waals surface area contributed by atoms with Gasteiger partial charge in [0.05, 0.1) is 18.7 Å². The first kappa shape index (κ1) is 17.5. The van der Waals surface area contributed by atoms with Crippen molar-refractivity contribution in [2.75, 3.05) is 6.54 Å². The molecule has 0 aliphatic rings. The van der Waals surface area contributed by atoms with E-state index in [9.17, 15) is 9.90 Å². The van der Waals surface area contributed by atoms with Gasteiger partial charge in [-0.05, 0) is 43.3 Å². The Morgan fingerprint density at radius 3 is 2.52 bits per heavy atom. The number of aryl methyl sites for hydroxylation is 1. The number of carbonyl (C=O) groups excluding carboxylic acids is 1. The molecule has 124 valence electrons. The van der Waals surface area contributed by atoms with E-state index in [1.165, 1.54) is 5.56 Å². The van der Waals surface area contributed by atoms with Crippen LogP contribution in [0.5, 0.6) is 0 Å². The first-order valence-corrected chi connectivity index (χ1v) is 8.55. The number of rotatable bonds is 6. The first-order chi connectivity index (χ1) is 10.8. The molecule has 2 N–H and O–H groups in total. The van der Waals surface area contributed by atoms with Gasteiger partial charge >= 0.3 is 6.03 Å². The number of urea groups is 1. The average Bonchev–Trinajstić information content (AvgIpc) is 2.89. The molecule has 1 aromatic carbocycles. The van der Waals surface area contributed by atoms with Gasteiger partial charge in [-0.1, -0.05) is 30.3 Å². The fourth-order valence-corrected chi connectivity index (χ4v) is 3.17. The summed E-state index contributed by atoms with van der Waals surface area (Å²) in [5.41, 5.74) is 1.29. The predicted molar refractivity (Wildman–Crippen MR) is 94.4 cm³/mol. The van der Waals surface area contributed by atoms with Crippen LogP contribution in [0.2, 0.25) is 0 Å². The molecule has 0 radical (unpaired) electrons. The highest BCUT2D eigenvalue weighted by Gasteiger charge is 2.22. The van der Waals surface area contributed by atoms with E-state index < -0.39 is 5.60 Å². The summed E-state index contributed by atoms with van der Waals surface area (Å²) >= 11 is 1.64. The van der Waals surface area contributed by atoms with Crippen molar-refractivity contribution in [2.24, 2.45) is 0 Å². The Kier molecular flexibility index (Phi) is 5.80. The van der Waals surface area contributed by atoms with E-state index in [4.69, 9.17) is 0 Å². The minimum Gasteiger partial charge on any atom is -0.389 e. The lowest BCUT2D eigenvalue weighted by Gasteiger charge is -2.29. The van der Waals surface area contributed by atoms with Crippen LogP contribution in [-0.2, 0) is 13.1 Å². The van der Waals surface area contributed by atoms with Gasteiger partial charge in [-0.25, -0.2) is 4.79 Å². The summed E-state index contributed by atoms with van der Waals surface area (Å²) in [6.45, 7) is 6.72. The van der Waals surface area contributed by atoms with Gasteiger partial charge in [-0.15, -0.1) is 11.3 Å². The van der Waals surface area contributed by atoms with Crippen molar-refractivity contribution in [3.05, 3.63) is 57.8 Å². The number of thiophene rings is 1. The molecule has 5 heteroatoms. The van der Waals surface area contributed by atoms with Crippen LogP contribution in [0.25, 0.3) is 0 Å². The largest absolute Gasteiger partial charge is 0.389 e. The van der Waals surface area contributed by atoms with E-state index in [2.05, 4.69) is 5.32 Å². The lowest BCUT2D eigenvalue weighted by atomic mass is 10.1. The van der Waals surface area contributed by atoms with Crippen LogP contribution in [0.1, 0.15) is 29.9 Å². The van der Waals surface area contributed by atoms with Crippen LogP contribution in [0, 0.1) is 6.92 Å². The molecule has 0 atom stereocenters. The lowest BCUT2D eigenvalue weighted by Crippen LogP contribution is -2.46. The Hall–Kier alpha value is -1.85. The number of benzene rings is 1. The van der Waals surface area contributed by atoms with Crippen LogP contribution in [0.3, 0.4) is 0 Å². The van der Waals surface area contributed by atoms with Crippen molar-refractivity contribution in [1.29, 1.82) is 0 Å². The third-order valence-electron chi connectivity index (χ3n) is 3.45. The van der Waals surface area contributed by atoms with E-state index >= 15 is 0 Å². The summed E-state index contributed by atoms with van der Waals surface area (Å²) in [5.74, 6) is 0. The van der Waals surface area contributed by atoms with Crippen molar-refractivity contribution in [3.63, 3.8) is 0 Å². The number of aliphatic hydroxyl groups is 1. The predicted octanol–water partition coefficient (Wildman–Crippen LogP) is 3.54. The Morgan fingerprint density at radius 2 is 1.96 bits per heavy atom. The van der Waals surface area contributed by atoms with Gasteiger partial charge < -0.3 is 15.3 Å². The summed E-state index contributed by atoms with van der Waals surface area (Å²) < 4.78 is 0. The standard InChI is InChI=1S/C18H24N2O2S/c1-14-9-10-23-16(14)11-19-17(21)20(13-18(2,3)22)12-15-7-5-4-6-8-15/h4-10,22H,11-13H2,1-3H3,(H,19,21). The molecule has 1 aromatic heterocycles. The van der Waals surface area contributed by atoms with E-state index in [0.29, 0.717) is 13.1 Å². The first-order valence-electron chi connectivity index (χ1n) is 7.67. The molecule has 0 spiro atoms. The molecule has 0 unspecified atom stereocenters. The van der Waals surface area contributed by atoms with Gasteiger partial charge in [0, 0.05) is 11.4 Å². The van der Waals surface area contributed by atoms with Crippen molar-refractivity contribution < 1.29 is 9.90 Å². The minimum absolute atomic E-state index is 0.163. The molecular formula is C18H24N2O2S. The molecule has 2 rings (SSSR count). The minimum atomic E-state index is -0.940. The fraction of sp³-hybridized carbons (Fsp3) is 0.389. The number of hydrogen-bond acceptors (Lipinski definition) is 3. The number of nitrogens with one attached hydrogen (secondary N) is 1. The lowest BCUT2D eigenvalue weighted by molar-refractivity contribution is 0.0446. The quantitative estimate of drug-likeness (QED) is 0.850. The third kappa shape index (κ3) is 5.69. The normalized spacial score (nSPS) is 11.3. The second kappa shape index (κ2) is 7.62. The van der Waals surface area contributed by atoms with Gasteiger partial charge in [0.2, 0.25) is 0 Å². The molecule has 4 nitrogen and oxygen atoms in total. The Labute approximate surface area is 141 Å². The van der Waals surface area contributed by atoms with Crippen LogP contribution >= 0.6 is 11.3 Å². The number of hydrogen-bond donors (Lipinski definition) is 2. The summed E-state index contributed by atoms with van der Waals surface area (Å²) in [5, 5.41) is 15.1. The van der Waals surface area contributed by atoms with Gasteiger partial charge in [0.1, 0.15) is 0 Å². The van der Waals surface area contributed by atoms with E-state index in [1.807, 2.05) is 48.7 Å². The average molecular weight is 332 g/mol. The maximum atomic E-state index is 12.5. The Morgan fingerprint density at radius 1 is 1.26 bits per heavy atom. The highest BCUT2D eigenvalue weighted by atomic mass is 32.1. The third-order valence-corrected chi connectivity index (χ3v) is 4.47. The number of nitrogens with zero attached hydrogens (tertiary/aromatic N) is 1. The van der Waals surface area contributed by atoms with Crippen molar-refractivity contribution in [3.8, 4) is 0 Å². The Balaban J connectivity index is 2.03. The van der Waals surface area contributed by atoms with Gasteiger partial charge in [-0.3, -0.25) is 0 Å². The molecule has 23 heavy (non-hydrogen) atoms. The molecule has 0 bridgehead atoms. The van der Waals surface area contributed by atoms with E-state index in [1.54, 1.807) is 30.1 Å². The van der Waals surface area contributed by atoms with Gasteiger partial charge in [0.25, 0.3) is 0 Å². The van der Waals surface area contributed by atoms with Gasteiger partial charge in [0.15, 0.2) is 0 Å². The SMILES string of the molecule is Cc1ccsc1CNC(=O)N(Cc1ccccc1)CC(C)(C)O. The molecule has 1 heterocycles. The molecule has 2 amide bonds. The molecule has 2 aromatic rings. The summed E-state index contributed by atoms with van der Waals surface area (Å²) in [4.78, 5) is 15.3. The maximum absolute atomic E-state index is 12.5.